The second-order valence-electron chi connectivity index (χ2n) is 4.85. The summed E-state index contributed by atoms with van der Waals surface area (Å²) < 4.78 is 6.34. The molecule has 0 aliphatic heterocycles. The van der Waals surface area contributed by atoms with E-state index < -0.39 is 0 Å². The molecule has 0 spiro atoms. The summed E-state index contributed by atoms with van der Waals surface area (Å²) >= 11 is 2.78. The normalized spacial score (nSPS) is 10.2. The molecule has 1 aromatic heterocycles. The van der Waals surface area contributed by atoms with Gasteiger partial charge in [-0.05, 0) is 24.6 Å². The number of hydrogen-bond donors (Lipinski definition) is 2. The van der Waals surface area contributed by atoms with E-state index in [1.807, 2.05) is 31.2 Å². The lowest BCUT2D eigenvalue weighted by Crippen LogP contribution is -2.29. The van der Waals surface area contributed by atoms with E-state index in [0.29, 0.717) is 25.4 Å². The zero-order valence-electron chi connectivity index (χ0n) is 13.4. The minimum absolute atomic E-state index is 0.0522. The number of carbonyl (C=O) groups is 1. The number of nitrogens with zero attached hydrogens (tertiary/aromatic N) is 2. The quantitative estimate of drug-likeness (QED) is 0.383. The highest BCUT2D eigenvalue weighted by molar-refractivity contribution is 8.01. The molecule has 0 radical (unpaired) electrons. The monoisotopic (exact) mass is 364 g/mol. The van der Waals surface area contributed by atoms with Crippen LogP contribution in [0.3, 0.4) is 0 Å². The van der Waals surface area contributed by atoms with Crippen LogP contribution < -0.4 is 15.4 Å². The van der Waals surface area contributed by atoms with Crippen molar-refractivity contribution in [2.75, 3.05) is 30.8 Å². The Morgan fingerprint density at radius 3 is 3.12 bits per heavy atom. The van der Waals surface area contributed by atoms with E-state index in [1.54, 1.807) is 6.08 Å². The molecule has 128 valence electrons. The van der Waals surface area contributed by atoms with Crippen molar-refractivity contribution in [1.82, 2.24) is 15.5 Å². The molecule has 0 bridgehead atoms. The molecule has 1 heterocycles. The van der Waals surface area contributed by atoms with Gasteiger partial charge in [0.25, 0.3) is 0 Å². The molecule has 2 N–H and O–H groups in total. The van der Waals surface area contributed by atoms with Gasteiger partial charge in [0.1, 0.15) is 12.4 Å². The Labute approximate surface area is 149 Å². The summed E-state index contributed by atoms with van der Waals surface area (Å²) in [6.45, 7) is 7.18. The van der Waals surface area contributed by atoms with Gasteiger partial charge in [0.15, 0.2) is 4.34 Å². The van der Waals surface area contributed by atoms with E-state index in [9.17, 15) is 4.79 Å². The highest BCUT2D eigenvalue weighted by Crippen LogP contribution is 2.24. The Kier molecular flexibility index (Phi) is 7.57. The van der Waals surface area contributed by atoms with E-state index in [-0.39, 0.29) is 5.91 Å². The molecule has 1 amide bonds. The summed E-state index contributed by atoms with van der Waals surface area (Å²) in [5.41, 5.74) is 1.15. The molecule has 8 heteroatoms. The van der Waals surface area contributed by atoms with Gasteiger partial charge in [-0.1, -0.05) is 41.3 Å². The first-order valence-corrected chi connectivity index (χ1v) is 9.25. The molecule has 0 aliphatic carbocycles. The molecular formula is C16H20N4O2S2. The smallest absolute Gasteiger partial charge is 0.230 e. The number of rotatable bonds is 10. The Hall–Kier alpha value is -2.06. The molecule has 0 saturated carbocycles. The molecule has 2 rings (SSSR count). The predicted molar refractivity (Wildman–Crippen MR) is 99.0 cm³/mol. The van der Waals surface area contributed by atoms with Crippen molar-refractivity contribution in [3.8, 4) is 5.75 Å². The number of anilines is 1. The van der Waals surface area contributed by atoms with E-state index in [2.05, 4.69) is 27.4 Å². The summed E-state index contributed by atoms with van der Waals surface area (Å²) in [5, 5.41) is 14.6. The average molecular weight is 364 g/mol. The van der Waals surface area contributed by atoms with Crippen molar-refractivity contribution in [3.63, 3.8) is 0 Å². The fourth-order valence-corrected chi connectivity index (χ4v) is 3.33. The Balaban J connectivity index is 1.61. The average Bonchev–Trinajstić information content (AvgIpc) is 3.03. The highest BCUT2D eigenvalue weighted by atomic mass is 32.2. The van der Waals surface area contributed by atoms with Crippen LogP contribution in [0.15, 0.2) is 41.3 Å². The summed E-state index contributed by atoms with van der Waals surface area (Å²) in [4.78, 5) is 11.8. The maximum Gasteiger partial charge on any atom is 0.230 e. The van der Waals surface area contributed by atoms with Crippen LogP contribution in [-0.2, 0) is 4.79 Å². The number of ether oxygens (including phenoxy) is 1. The number of aromatic nitrogens is 2. The van der Waals surface area contributed by atoms with Gasteiger partial charge in [-0.25, -0.2) is 0 Å². The maximum absolute atomic E-state index is 11.8. The minimum atomic E-state index is -0.0522. The molecule has 1 aromatic carbocycles. The van der Waals surface area contributed by atoms with E-state index in [4.69, 9.17) is 4.74 Å². The second kappa shape index (κ2) is 9.94. The third-order valence-corrected chi connectivity index (χ3v) is 4.83. The van der Waals surface area contributed by atoms with Crippen molar-refractivity contribution < 1.29 is 9.53 Å². The largest absolute Gasteiger partial charge is 0.492 e. The maximum atomic E-state index is 11.8. The van der Waals surface area contributed by atoms with E-state index in [1.165, 1.54) is 23.1 Å². The highest BCUT2D eigenvalue weighted by Gasteiger charge is 2.07. The fourth-order valence-electron chi connectivity index (χ4n) is 1.74. The molecule has 0 aliphatic rings. The van der Waals surface area contributed by atoms with Gasteiger partial charge in [0.05, 0.1) is 12.3 Å². The predicted octanol–water partition coefficient (Wildman–Crippen LogP) is 2.73. The van der Waals surface area contributed by atoms with Crippen molar-refractivity contribution in [3.05, 3.63) is 42.5 Å². The molecule has 6 nitrogen and oxygen atoms in total. The first-order valence-electron chi connectivity index (χ1n) is 7.44. The lowest BCUT2D eigenvalue weighted by molar-refractivity contribution is -0.118. The van der Waals surface area contributed by atoms with Crippen molar-refractivity contribution in [2.45, 2.75) is 11.3 Å². The van der Waals surface area contributed by atoms with Crippen LogP contribution in [0.2, 0.25) is 0 Å². The van der Waals surface area contributed by atoms with Crippen LogP contribution in [-0.4, -0.2) is 41.6 Å². The van der Waals surface area contributed by atoms with Crippen LogP contribution in [0, 0.1) is 6.92 Å². The molecule has 24 heavy (non-hydrogen) atoms. The number of amides is 1. The lowest BCUT2D eigenvalue weighted by Gasteiger charge is -2.07. The van der Waals surface area contributed by atoms with Gasteiger partial charge in [0, 0.05) is 6.54 Å². The van der Waals surface area contributed by atoms with Gasteiger partial charge in [-0.15, -0.1) is 16.8 Å². The van der Waals surface area contributed by atoms with Crippen molar-refractivity contribution in [2.24, 2.45) is 0 Å². The summed E-state index contributed by atoms with van der Waals surface area (Å²) in [6.07, 6.45) is 1.75. The van der Waals surface area contributed by atoms with Crippen molar-refractivity contribution in [1.29, 1.82) is 0 Å². The van der Waals surface area contributed by atoms with E-state index >= 15 is 0 Å². The zero-order chi connectivity index (χ0) is 17.2. The second-order valence-corrected chi connectivity index (χ2v) is 7.05. The van der Waals surface area contributed by atoms with Crippen molar-refractivity contribution >= 4 is 34.1 Å². The number of thioether (sulfide) groups is 1. The fraction of sp³-hybridized carbons (Fsp3) is 0.312. The Morgan fingerprint density at radius 1 is 1.46 bits per heavy atom. The summed E-state index contributed by atoms with van der Waals surface area (Å²) in [5.74, 6) is 1.07. The van der Waals surface area contributed by atoms with Gasteiger partial charge in [-0.3, -0.25) is 4.79 Å². The van der Waals surface area contributed by atoms with Crippen LogP contribution in [0.25, 0.3) is 0 Å². The van der Waals surface area contributed by atoms with Crippen LogP contribution in [0.5, 0.6) is 5.75 Å². The first kappa shape index (κ1) is 18.3. The third-order valence-electron chi connectivity index (χ3n) is 2.81. The van der Waals surface area contributed by atoms with Crippen LogP contribution in [0.4, 0.5) is 5.13 Å². The summed E-state index contributed by atoms with van der Waals surface area (Å²) in [6, 6.07) is 7.82. The molecule has 2 aromatic rings. The SMILES string of the molecule is C=CCNc1nnc(SCC(=O)NCCOc2cccc(C)c2)s1. The standard InChI is InChI=1S/C16H20N4O2S2/c1-3-7-18-15-19-20-16(24-15)23-11-14(21)17-8-9-22-13-6-4-5-12(2)10-13/h3-6,10H,1,7-9,11H2,2H3,(H,17,21)(H,18,19). The lowest BCUT2D eigenvalue weighted by atomic mass is 10.2. The van der Waals surface area contributed by atoms with Gasteiger partial charge in [0.2, 0.25) is 11.0 Å². The summed E-state index contributed by atoms with van der Waals surface area (Å²) in [7, 11) is 0. The van der Waals surface area contributed by atoms with Gasteiger partial charge < -0.3 is 15.4 Å². The van der Waals surface area contributed by atoms with E-state index in [0.717, 1.165) is 20.8 Å². The molecular weight excluding hydrogens is 344 g/mol. The number of nitrogens with one attached hydrogen (secondary N) is 2. The topological polar surface area (TPSA) is 76.1 Å². The number of benzene rings is 1. The Morgan fingerprint density at radius 2 is 2.33 bits per heavy atom. The molecule has 0 atom stereocenters. The Bertz CT molecular complexity index is 676. The number of carbonyl (C=O) groups excluding carboxylic acids is 1. The zero-order valence-corrected chi connectivity index (χ0v) is 15.1. The third kappa shape index (κ3) is 6.59. The number of hydrogen-bond acceptors (Lipinski definition) is 7. The molecule has 0 saturated heterocycles. The van der Waals surface area contributed by atoms with Crippen LogP contribution in [0.1, 0.15) is 5.56 Å². The minimum Gasteiger partial charge on any atom is -0.492 e. The van der Waals surface area contributed by atoms with Gasteiger partial charge in [-0.2, -0.15) is 0 Å². The number of aryl methyl sites for hydroxylation is 1. The van der Waals surface area contributed by atoms with Crippen LogP contribution >= 0.6 is 23.1 Å². The first-order chi connectivity index (χ1) is 11.7. The molecule has 0 fully saturated rings. The van der Waals surface area contributed by atoms with Gasteiger partial charge >= 0.3 is 0 Å². The molecule has 0 unspecified atom stereocenters.